The highest BCUT2D eigenvalue weighted by Gasteiger charge is 2.48. The lowest BCUT2D eigenvalue weighted by atomic mass is 9.96. The second-order valence-corrected chi connectivity index (χ2v) is 24.2. The van der Waals surface area contributed by atoms with Gasteiger partial charge in [0.25, 0.3) is 19.9 Å². The molecule has 1 aromatic heterocycles. The number of rotatable bonds is 19. The van der Waals surface area contributed by atoms with Crippen molar-refractivity contribution in [1.29, 1.82) is 0 Å². The standard InChI is InChI=1S/C54H59ClF4N6O7S3/c1-35(2)65-36(3)50(53(67)68)51(52(65)38-9-11-40(55)12-10-38)39-29-41(56)31-45(30-39)64-27-25-63(26-28-64)44-15-13-42(14-16-44)61-75(71,72)47-17-18-48(49(32-47)74(69,70)54(57,58)59)60-43(34-73-46-7-5-4-6-8-46)21-24-62-22-19-37(33-66)20-23-62/h4-18,29-32,35,37,43,60-61,66H,19-28,33-34H2,1-3H3,(H,67,68). The number of hydrogen-bond acceptors (Lipinski definition) is 11. The summed E-state index contributed by atoms with van der Waals surface area (Å²) in [4.78, 5) is 18.1. The van der Waals surface area contributed by atoms with Crippen LogP contribution in [0.25, 0.3) is 22.4 Å². The molecule has 2 saturated heterocycles. The molecule has 1 atom stereocenters. The quantitative estimate of drug-likeness (QED) is 0.0449. The van der Waals surface area contributed by atoms with Crippen molar-refractivity contribution >= 4 is 71.9 Å². The van der Waals surface area contributed by atoms with E-state index in [0.29, 0.717) is 84.2 Å². The first-order chi connectivity index (χ1) is 35.6. The number of nitrogens with zero attached hydrogens (tertiary/aromatic N) is 4. The molecule has 400 valence electrons. The van der Waals surface area contributed by atoms with E-state index in [0.717, 1.165) is 54.2 Å². The Morgan fingerprint density at radius 3 is 2.05 bits per heavy atom. The Kier molecular flexibility index (Phi) is 17.2. The number of nitrogens with one attached hydrogen (secondary N) is 2. The fourth-order valence-corrected chi connectivity index (χ4v) is 13.1. The van der Waals surface area contributed by atoms with Crippen LogP contribution in [0.5, 0.6) is 0 Å². The van der Waals surface area contributed by atoms with Crippen LogP contribution >= 0.6 is 23.4 Å². The van der Waals surface area contributed by atoms with Crippen molar-refractivity contribution in [3.63, 3.8) is 0 Å². The van der Waals surface area contributed by atoms with Crippen LogP contribution in [-0.4, -0.2) is 112 Å². The molecule has 75 heavy (non-hydrogen) atoms. The SMILES string of the molecule is Cc1c(C(=O)O)c(-c2cc(F)cc(N3CCN(c4ccc(NS(=O)(=O)c5ccc(NC(CCN6CCC(CO)CC6)CSc6ccccc6)c(S(=O)(=O)C(F)(F)F)c5)cc4)CC3)c2)c(-c2ccc(Cl)cc2)n1C(C)C. The van der Waals surface area contributed by atoms with Crippen molar-refractivity contribution in [2.75, 3.05) is 78.0 Å². The van der Waals surface area contributed by atoms with Crippen molar-refractivity contribution < 1.29 is 49.4 Å². The summed E-state index contributed by atoms with van der Waals surface area (Å²) in [7, 11) is -10.7. The van der Waals surface area contributed by atoms with Crippen molar-refractivity contribution in [2.45, 2.75) is 72.3 Å². The summed E-state index contributed by atoms with van der Waals surface area (Å²) < 4.78 is 117. The molecule has 1 unspecified atom stereocenters. The van der Waals surface area contributed by atoms with Crippen LogP contribution in [0, 0.1) is 18.7 Å². The number of aliphatic hydroxyl groups excluding tert-OH is 1. The largest absolute Gasteiger partial charge is 0.501 e. The Labute approximate surface area is 444 Å². The average molecular weight is 1110 g/mol. The van der Waals surface area contributed by atoms with E-state index in [2.05, 4.69) is 14.9 Å². The van der Waals surface area contributed by atoms with Gasteiger partial charge in [-0.25, -0.2) is 26.0 Å². The third-order valence-electron chi connectivity index (χ3n) is 13.8. The van der Waals surface area contributed by atoms with Gasteiger partial charge in [-0.1, -0.05) is 41.9 Å². The Hall–Kier alpha value is -5.77. The van der Waals surface area contributed by atoms with Crippen LogP contribution in [0.1, 0.15) is 55.2 Å². The number of sulfonamides is 1. The summed E-state index contributed by atoms with van der Waals surface area (Å²) in [6, 6.07) is 29.3. The third-order valence-corrected chi connectivity index (χ3v) is 18.1. The number of hydrogen-bond donors (Lipinski definition) is 4. The molecule has 0 aliphatic carbocycles. The Bertz CT molecular complexity index is 3200. The average Bonchev–Trinajstić information content (AvgIpc) is 3.73. The number of thioether (sulfide) groups is 1. The molecule has 2 fully saturated rings. The molecule has 6 aromatic rings. The topological polar surface area (TPSA) is 165 Å². The van der Waals surface area contributed by atoms with Crippen molar-refractivity contribution in [2.24, 2.45) is 5.92 Å². The number of alkyl halides is 3. The van der Waals surface area contributed by atoms with Gasteiger partial charge in [0.15, 0.2) is 0 Å². The summed E-state index contributed by atoms with van der Waals surface area (Å²) in [5.74, 6) is -1.11. The van der Waals surface area contributed by atoms with E-state index in [1.165, 1.54) is 36.0 Å². The number of benzene rings is 5. The fraction of sp³-hybridized carbons (Fsp3) is 0.352. The zero-order chi connectivity index (χ0) is 53.8. The van der Waals surface area contributed by atoms with Gasteiger partial charge in [0.05, 0.1) is 21.8 Å². The van der Waals surface area contributed by atoms with E-state index in [1.54, 1.807) is 37.3 Å². The van der Waals surface area contributed by atoms with Crippen molar-refractivity contribution in [3.05, 3.63) is 137 Å². The van der Waals surface area contributed by atoms with Gasteiger partial charge in [-0.2, -0.15) is 13.2 Å². The molecule has 0 amide bonds. The normalized spacial score (nSPS) is 15.6. The molecule has 2 aliphatic heterocycles. The van der Waals surface area contributed by atoms with E-state index in [9.17, 15) is 45.0 Å². The van der Waals surface area contributed by atoms with E-state index >= 15 is 4.39 Å². The number of sulfone groups is 1. The van der Waals surface area contributed by atoms with Gasteiger partial charge >= 0.3 is 11.5 Å². The Morgan fingerprint density at radius 2 is 1.45 bits per heavy atom. The summed E-state index contributed by atoms with van der Waals surface area (Å²) in [5, 5.41) is 23.7. The number of carboxylic acids is 1. The number of halogens is 5. The number of aromatic nitrogens is 1. The molecule has 5 aromatic carbocycles. The van der Waals surface area contributed by atoms with Crippen LogP contribution in [0.2, 0.25) is 5.02 Å². The zero-order valence-corrected chi connectivity index (χ0v) is 44.7. The molecular weight excluding hydrogens is 1050 g/mol. The predicted octanol–water partition coefficient (Wildman–Crippen LogP) is 11.3. The number of piperazine rings is 1. The van der Waals surface area contributed by atoms with Crippen LogP contribution in [0.15, 0.2) is 130 Å². The first-order valence-electron chi connectivity index (χ1n) is 24.5. The number of carbonyl (C=O) groups is 1. The molecule has 0 radical (unpaired) electrons. The first-order valence-corrected chi connectivity index (χ1v) is 28.9. The maximum atomic E-state index is 15.7. The van der Waals surface area contributed by atoms with Gasteiger partial charge in [0.2, 0.25) is 0 Å². The number of aliphatic hydroxyl groups is 1. The number of anilines is 4. The van der Waals surface area contributed by atoms with Crippen LogP contribution in [0.4, 0.5) is 40.3 Å². The predicted molar refractivity (Wildman–Crippen MR) is 289 cm³/mol. The minimum Gasteiger partial charge on any atom is -0.478 e. The maximum Gasteiger partial charge on any atom is 0.501 e. The molecule has 2 aliphatic rings. The van der Waals surface area contributed by atoms with Crippen molar-refractivity contribution in [3.8, 4) is 22.4 Å². The summed E-state index contributed by atoms with van der Waals surface area (Å²) >= 11 is 7.68. The second-order valence-electron chi connectivity index (χ2n) is 19.1. The molecular formula is C54H59ClF4N6O7S3. The summed E-state index contributed by atoms with van der Waals surface area (Å²) in [5.41, 5.74) is -2.00. The number of carboxylic acid groups (broad SMARTS) is 1. The van der Waals surface area contributed by atoms with E-state index in [1.807, 2.05) is 70.7 Å². The number of piperidine rings is 1. The van der Waals surface area contributed by atoms with Gasteiger partial charge in [-0.3, -0.25) is 4.72 Å². The Morgan fingerprint density at radius 1 is 0.813 bits per heavy atom. The lowest BCUT2D eigenvalue weighted by molar-refractivity contribution is -0.0436. The third kappa shape index (κ3) is 12.7. The molecule has 21 heteroatoms. The lowest BCUT2D eigenvalue weighted by Crippen LogP contribution is -2.46. The van der Waals surface area contributed by atoms with Crippen LogP contribution < -0.4 is 19.8 Å². The lowest BCUT2D eigenvalue weighted by Gasteiger charge is -2.37. The van der Waals surface area contributed by atoms with E-state index < -0.39 is 53.0 Å². The van der Waals surface area contributed by atoms with Gasteiger partial charge in [0.1, 0.15) is 10.7 Å². The molecule has 0 saturated carbocycles. The minimum absolute atomic E-state index is 0.0712. The Balaban J connectivity index is 0.976. The van der Waals surface area contributed by atoms with Gasteiger partial charge in [0, 0.05) is 95.4 Å². The van der Waals surface area contributed by atoms with Gasteiger partial charge in [-0.05, 0) is 155 Å². The maximum absolute atomic E-state index is 15.7. The number of aromatic carboxylic acids is 1. The molecule has 0 bridgehead atoms. The van der Waals surface area contributed by atoms with E-state index in [4.69, 9.17) is 11.6 Å². The van der Waals surface area contributed by atoms with Gasteiger partial charge in [-0.15, -0.1) is 11.8 Å². The highest BCUT2D eigenvalue weighted by Crippen LogP contribution is 2.43. The second kappa shape index (κ2) is 23.2. The smallest absolute Gasteiger partial charge is 0.478 e. The van der Waals surface area contributed by atoms with Crippen molar-refractivity contribution in [1.82, 2.24) is 9.47 Å². The highest BCUT2D eigenvalue weighted by atomic mass is 35.5. The highest BCUT2D eigenvalue weighted by molar-refractivity contribution is 7.99. The van der Waals surface area contributed by atoms with Gasteiger partial charge < -0.3 is 34.8 Å². The van der Waals surface area contributed by atoms with E-state index in [-0.39, 0.29) is 35.5 Å². The summed E-state index contributed by atoms with van der Waals surface area (Å²) in [6.07, 6.45) is 2.05. The van der Waals surface area contributed by atoms with Crippen LogP contribution in [0.3, 0.4) is 0 Å². The van der Waals surface area contributed by atoms with Crippen LogP contribution in [-0.2, 0) is 19.9 Å². The zero-order valence-electron chi connectivity index (χ0n) is 41.5. The molecule has 3 heterocycles. The molecule has 8 rings (SSSR count). The molecule has 13 nitrogen and oxygen atoms in total. The first kappa shape index (κ1) is 55.5. The minimum atomic E-state index is -6.05. The molecule has 4 N–H and O–H groups in total. The monoisotopic (exact) mass is 1110 g/mol. The number of likely N-dealkylation sites (tertiary alicyclic amines) is 1. The molecule has 0 spiro atoms. The fourth-order valence-electron chi connectivity index (χ4n) is 9.86. The summed E-state index contributed by atoms with van der Waals surface area (Å²) in [6.45, 7) is 9.63.